The minimum Gasteiger partial charge on any atom is -0.341 e. The number of piperidine rings is 1. The molecule has 98 valence electrons. The average Bonchev–Trinajstić information content (AvgIpc) is 2.38. The third kappa shape index (κ3) is 3.07. The summed E-state index contributed by atoms with van der Waals surface area (Å²) in [6, 6.07) is 5.91. The molecule has 2 nitrogen and oxygen atoms in total. The van der Waals surface area contributed by atoms with Gasteiger partial charge in [0, 0.05) is 17.6 Å². The number of hydrogen-bond acceptors (Lipinski definition) is 1. The smallest absolute Gasteiger partial charge is 0.245 e. The lowest BCUT2D eigenvalue weighted by Crippen LogP contribution is -2.37. The van der Waals surface area contributed by atoms with Crippen molar-refractivity contribution in [2.45, 2.75) is 31.6 Å². The highest BCUT2D eigenvalue weighted by atomic mass is 79.9. The molecule has 1 unspecified atom stereocenters. The van der Waals surface area contributed by atoms with E-state index in [9.17, 15) is 4.79 Å². The lowest BCUT2D eigenvalue weighted by atomic mass is 10.1. The summed E-state index contributed by atoms with van der Waals surface area (Å²) in [7, 11) is 0. The summed E-state index contributed by atoms with van der Waals surface area (Å²) in [5, 5.41) is -0.585. The number of carbonyl (C=O) groups excluding carboxylic acids is 1. The van der Waals surface area contributed by atoms with E-state index in [-0.39, 0.29) is 5.91 Å². The molecular weight excluding hydrogens is 314 g/mol. The number of amides is 1. The quantitative estimate of drug-likeness (QED) is 0.749. The lowest BCUT2D eigenvalue weighted by Gasteiger charge is -2.28. The molecule has 1 aliphatic rings. The van der Waals surface area contributed by atoms with Crippen molar-refractivity contribution in [1.29, 1.82) is 0 Å². The molecule has 1 aromatic carbocycles. The van der Waals surface area contributed by atoms with Gasteiger partial charge in [-0.05, 0) is 43.4 Å². The van der Waals surface area contributed by atoms with Crippen molar-refractivity contribution in [3.63, 3.8) is 0 Å². The monoisotopic (exact) mass is 329 g/mol. The third-order valence-electron chi connectivity index (χ3n) is 3.31. The van der Waals surface area contributed by atoms with Crippen molar-refractivity contribution in [3.8, 4) is 0 Å². The first-order chi connectivity index (χ1) is 8.59. The number of benzene rings is 1. The normalized spacial score (nSPS) is 17.6. The minimum absolute atomic E-state index is 0.0286. The molecule has 1 heterocycles. The Labute approximate surface area is 121 Å². The van der Waals surface area contributed by atoms with Crippen LogP contribution in [0.25, 0.3) is 0 Å². The van der Waals surface area contributed by atoms with Crippen LogP contribution in [0.3, 0.4) is 0 Å². The first-order valence-corrected chi connectivity index (χ1v) is 7.51. The van der Waals surface area contributed by atoms with Crippen LogP contribution in [0.5, 0.6) is 0 Å². The second-order valence-corrected chi connectivity index (χ2v) is 6.06. The molecule has 1 saturated heterocycles. The Morgan fingerprint density at radius 2 is 2.00 bits per heavy atom. The Hall–Kier alpha value is -0.540. The summed E-state index contributed by atoms with van der Waals surface area (Å²) in [6.07, 6.45) is 3.39. The van der Waals surface area contributed by atoms with E-state index in [4.69, 9.17) is 11.6 Å². The van der Waals surface area contributed by atoms with Gasteiger partial charge in [-0.25, -0.2) is 0 Å². The van der Waals surface area contributed by atoms with Gasteiger partial charge < -0.3 is 4.90 Å². The highest BCUT2D eigenvalue weighted by Crippen LogP contribution is 2.31. The summed E-state index contributed by atoms with van der Waals surface area (Å²) in [5.74, 6) is 0.0286. The maximum absolute atomic E-state index is 12.3. The van der Waals surface area contributed by atoms with Crippen LogP contribution in [0.4, 0.5) is 0 Å². The van der Waals surface area contributed by atoms with Crippen LogP contribution in [0.2, 0.25) is 0 Å². The number of halogens is 2. The van der Waals surface area contributed by atoms with Crippen molar-refractivity contribution >= 4 is 33.4 Å². The number of likely N-dealkylation sites (tertiary alicyclic amines) is 1. The van der Waals surface area contributed by atoms with Gasteiger partial charge in [-0.3, -0.25) is 4.79 Å². The molecule has 0 spiro atoms. The van der Waals surface area contributed by atoms with Gasteiger partial charge in [-0.2, -0.15) is 0 Å². The molecular formula is C14H17BrClNO. The lowest BCUT2D eigenvalue weighted by molar-refractivity contribution is -0.131. The first kappa shape index (κ1) is 13.9. The van der Waals surface area contributed by atoms with E-state index in [1.165, 1.54) is 6.42 Å². The summed E-state index contributed by atoms with van der Waals surface area (Å²) in [5.41, 5.74) is 2.01. The van der Waals surface area contributed by atoms with Gasteiger partial charge in [0.25, 0.3) is 0 Å². The second-order valence-electron chi connectivity index (χ2n) is 4.77. The molecule has 2 rings (SSSR count). The summed E-state index contributed by atoms with van der Waals surface area (Å²) < 4.78 is 0.910. The Morgan fingerprint density at radius 1 is 1.33 bits per heavy atom. The van der Waals surface area contributed by atoms with Crippen molar-refractivity contribution in [2.75, 3.05) is 13.1 Å². The van der Waals surface area contributed by atoms with E-state index in [1.807, 2.05) is 30.0 Å². The number of carbonyl (C=O) groups is 1. The predicted octanol–water partition coefficient (Wildman–Crippen LogP) is 4.05. The van der Waals surface area contributed by atoms with Crippen LogP contribution in [-0.2, 0) is 4.79 Å². The van der Waals surface area contributed by atoms with E-state index in [0.717, 1.165) is 41.5 Å². The average molecular weight is 331 g/mol. The fourth-order valence-corrected chi connectivity index (χ4v) is 3.43. The fourth-order valence-electron chi connectivity index (χ4n) is 2.25. The minimum atomic E-state index is -0.585. The van der Waals surface area contributed by atoms with Gasteiger partial charge >= 0.3 is 0 Å². The molecule has 0 bridgehead atoms. The highest BCUT2D eigenvalue weighted by Gasteiger charge is 2.26. The molecule has 1 aliphatic heterocycles. The largest absolute Gasteiger partial charge is 0.341 e. The van der Waals surface area contributed by atoms with Crippen LogP contribution in [0.1, 0.15) is 35.8 Å². The van der Waals surface area contributed by atoms with Crippen molar-refractivity contribution in [2.24, 2.45) is 0 Å². The molecule has 1 atom stereocenters. The van der Waals surface area contributed by atoms with E-state index in [2.05, 4.69) is 15.9 Å². The van der Waals surface area contributed by atoms with E-state index >= 15 is 0 Å². The molecule has 1 aromatic rings. The van der Waals surface area contributed by atoms with E-state index in [0.29, 0.717) is 0 Å². The zero-order chi connectivity index (χ0) is 13.1. The van der Waals surface area contributed by atoms with Gasteiger partial charge in [0.15, 0.2) is 0 Å². The highest BCUT2D eigenvalue weighted by molar-refractivity contribution is 9.10. The zero-order valence-corrected chi connectivity index (χ0v) is 12.8. The second kappa shape index (κ2) is 6.07. The molecule has 0 radical (unpaired) electrons. The number of nitrogens with zero attached hydrogens (tertiary/aromatic N) is 1. The Balaban J connectivity index is 2.14. The molecule has 18 heavy (non-hydrogen) atoms. The van der Waals surface area contributed by atoms with E-state index in [1.54, 1.807) is 0 Å². The molecule has 0 aromatic heterocycles. The van der Waals surface area contributed by atoms with Crippen molar-refractivity contribution in [1.82, 2.24) is 4.90 Å². The van der Waals surface area contributed by atoms with Gasteiger partial charge in [0.05, 0.1) is 0 Å². The fraction of sp³-hybridized carbons (Fsp3) is 0.500. The molecule has 4 heteroatoms. The van der Waals surface area contributed by atoms with Gasteiger partial charge in [0.2, 0.25) is 5.91 Å². The molecule has 0 N–H and O–H groups in total. The Kier molecular flexibility index (Phi) is 4.68. The third-order valence-corrected chi connectivity index (χ3v) is 4.42. The summed E-state index contributed by atoms with van der Waals surface area (Å²) in [6.45, 7) is 3.70. The van der Waals surface area contributed by atoms with Crippen molar-refractivity contribution in [3.05, 3.63) is 33.8 Å². The van der Waals surface area contributed by atoms with Crippen LogP contribution in [0.15, 0.2) is 22.7 Å². The van der Waals surface area contributed by atoms with Crippen LogP contribution in [-0.4, -0.2) is 23.9 Å². The molecule has 1 amide bonds. The van der Waals surface area contributed by atoms with Gasteiger partial charge in [-0.1, -0.05) is 28.1 Å². The Morgan fingerprint density at radius 3 is 2.61 bits per heavy atom. The zero-order valence-electron chi connectivity index (χ0n) is 10.5. The topological polar surface area (TPSA) is 20.3 Å². The number of hydrogen-bond donors (Lipinski definition) is 0. The maximum Gasteiger partial charge on any atom is 0.245 e. The Bertz CT molecular complexity index is 443. The standard InChI is InChI=1S/C14H17BrClNO/c1-10-5-6-11(12(15)9-10)13(16)14(18)17-7-3-2-4-8-17/h5-6,9,13H,2-4,7-8H2,1H3. The molecule has 1 fully saturated rings. The van der Waals surface area contributed by atoms with Crippen LogP contribution < -0.4 is 0 Å². The van der Waals surface area contributed by atoms with Gasteiger partial charge in [-0.15, -0.1) is 11.6 Å². The number of alkyl halides is 1. The summed E-state index contributed by atoms with van der Waals surface area (Å²) >= 11 is 9.81. The molecule has 0 saturated carbocycles. The van der Waals surface area contributed by atoms with Gasteiger partial charge in [0.1, 0.15) is 5.38 Å². The number of rotatable bonds is 2. The van der Waals surface area contributed by atoms with Crippen LogP contribution >= 0.6 is 27.5 Å². The SMILES string of the molecule is Cc1ccc(C(Cl)C(=O)N2CCCCC2)c(Br)c1. The van der Waals surface area contributed by atoms with Crippen molar-refractivity contribution < 1.29 is 4.79 Å². The molecule has 0 aliphatic carbocycles. The van der Waals surface area contributed by atoms with E-state index < -0.39 is 5.38 Å². The maximum atomic E-state index is 12.3. The first-order valence-electron chi connectivity index (χ1n) is 6.28. The summed E-state index contributed by atoms with van der Waals surface area (Å²) in [4.78, 5) is 14.2. The predicted molar refractivity (Wildman–Crippen MR) is 77.9 cm³/mol. The van der Waals surface area contributed by atoms with Crippen LogP contribution in [0, 0.1) is 6.92 Å². The number of aryl methyl sites for hydroxylation is 1.